The summed E-state index contributed by atoms with van der Waals surface area (Å²) < 4.78 is 28.0. The van der Waals surface area contributed by atoms with Gasteiger partial charge in [-0.2, -0.15) is 8.78 Å². The minimum atomic E-state index is -2.54. The highest BCUT2D eigenvalue weighted by molar-refractivity contribution is 7.99. The van der Waals surface area contributed by atoms with Gasteiger partial charge in [0.25, 0.3) is 11.0 Å². The number of nitrogens with two attached hydrogens (primary N) is 1. The average Bonchev–Trinajstić information content (AvgIpc) is 2.34. The first-order valence-corrected chi connectivity index (χ1v) is 3.57. The summed E-state index contributed by atoms with van der Waals surface area (Å²) in [6.07, 6.45) is 0. The molecule has 0 spiro atoms. The average molecular weight is 181 g/mol. The van der Waals surface area contributed by atoms with E-state index in [4.69, 9.17) is 5.73 Å². The molecule has 11 heavy (non-hydrogen) atoms. The molecule has 1 aromatic heterocycles. The Kier molecular flexibility index (Phi) is 2.77. The van der Waals surface area contributed by atoms with Crippen LogP contribution >= 0.6 is 11.8 Å². The Morgan fingerprint density at radius 1 is 1.55 bits per heavy atom. The zero-order valence-electron chi connectivity index (χ0n) is 5.33. The number of hydrogen-bond donors (Lipinski definition) is 1. The molecule has 0 saturated carbocycles. The molecule has 0 radical (unpaired) electrons. The monoisotopic (exact) mass is 181 g/mol. The van der Waals surface area contributed by atoms with Gasteiger partial charge in [0.15, 0.2) is 0 Å². The van der Waals surface area contributed by atoms with Gasteiger partial charge < -0.3 is 10.2 Å². The molecule has 0 bridgehead atoms. The van der Waals surface area contributed by atoms with E-state index in [0.29, 0.717) is 0 Å². The standard InChI is InChI=1S/C4H5F2N3OS/c5-3(6)11-4-9-8-2(1-7)10-4/h3H,1,7H2. The molecule has 0 fully saturated rings. The SMILES string of the molecule is NCc1nnc(SC(F)F)o1. The van der Waals surface area contributed by atoms with E-state index in [-0.39, 0.29) is 29.4 Å². The van der Waals surface area contributed by atoms with Crippen molar-refractivity contribution in [2.75, 3.05) is 0 Å². The Bertz CT molecular complexity index is 229. The third-order valence-electron chi connectivity index (χ3n) is 0.813. The second kappa shape index (κ2) is 3.63. The van der Waals surface area contributed by atoms with Crippen molar-refractivity contribution in [1.82, 2.24) is 10.2 Å². The number of alkyl halides is 2. The second-order valence-corrected chi connectivity index (χ2v) is 2.49. The summed E-state index contributed by atoms with van der Waals surface area (Å²) in [5.41, 5.74) is 5.10. The van der Waals surface area contributed by atoms with Crippen LogP contribution in [0.5, 0.6) is 0 Å². The van der Waals surface area contributed by atoms with E-state index in [9.17, 15) is 8.78 Å². The van der Waals surface area contributed by atoms with Gasteiger partial charge in [0.1, 0.15) is 0 Å². The van der Waals surface area contributed by atoms with Crippen molar-refractivity contribution in [2.24, 2.45) is 5.73 Å². The highest BCUT2D eigenvalue weighted by atomic mass is 32.2. The quantitative estimate of drug-likeness (QED) is 0.700. The lowest BCUT2D eigenvalue weighted by Crippen LogP contribution is -1.95. The fourth-order valence-electron chi connectivity index (χ4n) is 0.445. The van der Waals surface area contributed by atoms with Crippen LogP contribution in [0.2, 0.25) is 0 Å². The fourth-order valence-corrected chi connectivity index (χ4v) is 0.829. The van der Waals surface area contributed by atoms with E-state index >= 15 is 0 Å². The summed E-state index contributed by atoms with van der Waals surface area (Å²) in [4.78, 5) is 0. The predicted octanol–water partition coefficient (Wildman–Crippen LogP) is 0.843. The van der Waals surface area contributed by atoms with Crippen molar-refractivity contribution in [1.29, 1.82) is 0 Å². The van der Waals surface area contributed by atoms with Crippen LogP contribution in [0.25, 0.3) is 0 Å². The maximum Gasteiger partial charge on any atom is 0.293 e. The molecule has 1 heterocycles. The van der Waals surface area contributed by atoms with Crippen LogP contribution in [0.4, 0.5) is 8.78 Å². The Morgan fingerprint density at radius 2 is 2.27 bits per heavy atom. The third kappa shape index (κ3) is 2.43. The van der Waals surface area contributed by atoms with Gasteiger partial charge in [-0.15, -0.1) is 10.2 Å². The summed E-state index contributed by atoms with van der Waals surface area (Å²) in [6.45, 7) is 0.0663. The molecular formula is C4H5F2N3OS. The normalized spacial score (nSPS) is 10.9. The number of nitrogens with zero attached hydrogens (tertiary/aromatic N) is 2. The summed E-state index contributed by atoms with van der Waals surface area (Å²) in [5, 5.41) is 6.55. The highest BCUT2D eigenvalue weighted by Crippen LogP contribution is 2.22. The lowest BCUT2D eigenvalue weighted by Gasteiger charge is -1.89. The van der Waals surface area contributed by atoms with Crippen LogP contribution in [0.15, 0.2) is 9.64 Å². The van der Waals surface area contributed by atoms with E-state index in [1.165, 1.54) is 0 Å². The van der Waals surface area contributed by atoms with E-state index in [2.05, 4.69) is 14.6 Å². The van der Waals surface area contributed by atoms with Gasteiger partial charge in [0.2, 0.25) is 5.89 Å². The van der Waals surface area contributed by atoms with Gasteiger partial charge in [-0.05, 0) is 0 Å². The van der Waals surface area contributed by atoms with Crippen molar-refractivity contribution >= 4 is 11.8 Å². The third-order valence-corrected chi connectivity index (χ3v) is 1.36. The molecule has 2 N–H and O–H groups in total. The smallest absolute Gasteiger partial charge is 0.293 e. The van der Waals surface area contributed by atoms with Crippen LogP contribution in [0.1, 0.15) is 5.89 Å². The Labute approximate surface area is 65.2 Å². The van der Waals surface area contributed by atoms with Crippen molar-refractivity contribution in [3.05, 3.63) is 5.89 Å². The van der Waals surface area contributed by atoms with Crippen molar-refractivity contribution < 1.29 is 13.2 Å². The molecule has 0 aliphatic rings. The number of aromatic nitrogens is 2. The van der Waals surface area contributed by atoms with Gasteiger partial charge in [-0.1, -0.05) is 0 Å². The molecule has 1 aromatic rings. The molecule has 0 atom stereocenters. The molecule has 7 heteroatoms. The summed E-state index contributed by atoms with van der Waals surface area (Å²) in [7, 11) is 0. The molecule has 0 saturated heterocycles. The first-order valence-electron chi connectivity index (χ1n) is 2.69. The first kappa shape index (κ1) is 8.41. The number of hydrogen-bond acceptors (Lipinski definition) is 5. The van der Waals surface area contributed by atoms with Gasteiger partial charge in [-0.3, -0.25) is 0 Å². The second-order valence-electron chi connectivity index (χ2n) is 1.54. The topological polar surface area (TPSA) is 64.9 Å². The maximum absolute atomic E-state index is 11.6. The summed E-state index contributed by atoms with van der Waals surface area (Å²) in [5.74, 6) is -2.38. The molecule has 62 valence electrons. The summed E-state index contributed by atoms with van der Waals surface area (Å²) >= 11 is 0.205. The van der Waals surface area contributed by atoms with Crippen LogP contribution in [-0.2, 0) is 6.54 Å². The number of halogens is 2. The van der Waals surface area contributed by atoms with Gasteiger partial charge in [0, 0.05) is 11.8 Å². The predicted molar refractivity (Wildman–Crippen MR) is 34.1 cm³/mol. The van der Waals surface area contributed by atoms with E-state index in [1.54, 1.807) is 0 Å². The minimum absolute atomic E-state index is 0.0663. The van der Waals surface area contributed by atoms with Gasteiger partial charge in [0.05, 0.1) is 6.54 Å². The molecule has 1 rings (SSSR count). The largest absolute Gasteiger partial charge is 0.414 e. The Hall–Kier alpha value is -0.690. The van der Waals surface area contributed by atoms with E-state index in [1.807, 2.05) is 0 Å². The lowest BCUT2D eigenvalue weighted by molar-refractivity contribution is 0.249. The first-order chi connectivity index (χ1) is 5.22. The molecule has 0 amide bonds. The van der Waals surface area contributed by atoms with Gasteiger partial charge in [-0.25, -0.2) is 0 Å². The lowest BCUT2D eigenvalue weighted by atomic mass is 10.7. The zero-order valence-corrected chi connectivity index (χ0v) is 6.15. The Morgan fingerprint density at radius 3 is 2.73 bits per heavy atom. The zero-order chi connectivity index (χ0) is 8.27. The van der Waals surface area contributed by atoms with Crippen LogP contribution < -0.4 is 5.73 Å². The Balaban J connectivity index is 2.58. The molecule has 0 unspecified atom stereocenters. The maximum atomic E-state index is 11.6. The van der Waals surface area contributed by atoms with Crippen molar-refractivity contribution in [2.45, 2.75) is 17.5 Å². The van der Waals surface area contributed by atoms with Crippen molar-refractivity contribution in [3.8, 4) is 0 Å². The minimum Gasteiger partial charge on any atom is -0.414 e. The number of thioether (sulfide) groups is 1. The highest BCUT2D eigenvalue weighted by Gasteiger charge is 2.11. The fraction of sp³-hybridized carbons (Fsp3) is 0.500. The van der Waals surface area contributed by atoms with E-state index < -0.39 is 5.76 Å². The molecule has 0 aromatic carbocycles. The van der Waals surface area contributed by atoms with Crippen molar-refractivity contribution in [3.63, 3.8) is 0 Å². The summed E-state index contributed by atoms with van der Waals surface area (Å²) in [6, 6.07) is 0. The van der Waals surface area contributed by atoms with Gasteiger partial charge >= 0.3 is 0 Å². The molecule has 0 aliphatic heterocycles. The molecule has 0 aliphatic carbocycles. The van der Waals surface area contributed by atoms with Crippen LogP contribution in [0.3, 0.4) is 0 Å². The van der Waals surface area contributed by atoms with Crippen LogP contribution in [0, 0.1) is 0 Å². The van der Waals surface area contributed by atoms with E-state index in [0.717, 1.165) is 0 Å². The van der Waals surface area contributed by atoms with Crippen LogP contribution in [-0.4, -0.2) is 16.0 Å². The number of rotatable bonds is 3. The molecule has 4 nitrogen and oxygen atoms in total. The molecular weight excluding hydrogens is 176 g/mol.